The molecule has 1 aliphatic carbocycles. The predicted octanol–water partition coefficient (Wildman–Crippen LogP) is 4.28. The third kappa shape index (κ3) is 6.96. The molecule has 0 unspecified atom stereocenters. The van der Waals surface area contributed by atoms with E-state index >= 15 is 0 Å². The monoisotopic (exact) mass is 341 g/mol. The van der Waals surface area contributed by atoms with Crippen LogP contribution in [0.3, 0.4) is 0 Å². The van der Waals surface area contributed by atoms with Gasteiger partial charge in [0.25, 0.3) is 0 Å². The molecule has 1 nitrogen and oxygen atoms in total. The normalized spacial score (nSPS) is 26.0. The quantitative estimate of drug-likeness (QED) is 0.565. The summed E-state index contributed by atoms with van der Waals surface area (Å²) in [6.45, 7) is 0.913. The maximum Gasteiger partial charge on any atom is 0.00313 e. The van der Waals surface area contributed by atoms with Crippen LogP contribution in [0.25, 0.3) is 0 Å². The van der Waals surface area contributed by atoms with Crippen molar-refractivity contribution in [1.82, 2.24) is 0 Å². The summed E-state index contributed by atoms with van der Waals surface area (Å²) in [7, 11) is 0. The van der Waals surface area contributed by atoms with Crippen LogP contribution in [0.2, 0.25) is 0 Å². The van der Waals surface area contributed by atoms with Crippen LogP contribution in [0.1, 0.15) is 51.4 Å². The van der Waals surface area contributed by atoms with Gasteiger partial charge in [0.05, 0.1) is 0 Å². The lowest BCUT2D eigenvalue weighted by Gasteiger charge is -2.27. The van der Waals surface area contributed by atoms with Gasteiger partial charge in [0, 0.05) is 5.33 Å². The minimum absolute atomic E-state index is 0. The maximum atomic E-state index is 5.68. The Morgan fingerprint density at radius 2 is 1.53 bits per heavy atom. The molecule has 0 heterocycles. The van der Waals surface area contributed by atoms with E-state index in [0.717, 1.165) is 18.4 Å². The van der Waals surface area contributed by atoms with E-state index in [1.165, 1.54) is 56.7 Å². The minimum Gasteiger partial charge on any atom is -0.330 e. The van der Waals surface area contributed by atoms with Crippen LogP contribution in [0.15, 0.2) is 0 Å². The van der Waals surface area contributed by atoms with Crippen molar-refractivity contribution < 1.29 is 0 Å². The highest BCUT2D eigenvalue weighted by Gasteiger charge is 2.19. The Morgan fingerprint density at radius 3 is 2.07 bits per heavy atom. The molecule has 15 heavy (non-hydrogen) atoms. The summed E-state index contributed by atoms with van der Waals surface area (Å²) in [6, 6.07) is 0. The largest absolute Gasteiger partial charge is 0.330 e. The summed E-state index contributed by atoms with van der Waals surface area (Å²) in [5.74, 6) is 1.86. The van der Waals surface area contributed by atoms with E-state index in [4.69, 9.17) is 5.73 Å². The highest BCUT2D eigenvalue weighted by Crippen LogP contribution is 2.31. The fraction of sp³-hybridized carbons (Fsp3) is 1.00. The lowest BCUT2D eigenvalue weighted by Crippen LogP contribution is -2.21. The lowest BCUT2D eigenvalue weighted by molar-refractivity contribution is 0.263. The Kier molecular flexibility index (Phi) is 10.7. The molecular weight excluding hydrogens is 318 g/mol. The molecule has 0 radical (unpaired) electrons. The standard InChI is InChI=1S/C12H24BrN.BrH/c13-9-3-1-2-4-11-5-7-12(10-14)8-6-11;/h11-12H,1-10,14H2;1H/t11-,12-;. The second-order valence-electron chi connectivity index (χ2n) is 4.66. The molecular formula is C12H25Br2N. The third-order valence-electron chi connectivity index (χ3n) is 3.55. The maximum absolute atomic E-state index is 5.68. The van der Waals surface area contributed by atoms with Crippen molar-refractivity contribution in [3.63, 3.8) is 0 Å². The summed E-state index contributed by atoms with van der Waals surface area (Å²) in [4.78, 5) is 0. The molecule has 1 saturated carbocycles. The molecule has 1 fully saturated rings. The Bertz CT molecular complexity index is 134. The molecule has 3 heteroatoms. The van der Waals surface area contributed by atoms with E-state index in [0.29, 0.717) is 0 Å². The van der Waals surface area contributed by atoms with Gasteiger partial charge in [-0.15, -0.1) is 17.0 Å². The molecule has 0 amide bonds. The van der Waals surface area contributed by atoms with Crippen molar-refractivity contribution in [3.05, 3.63) is 0 Å². The number of nitrogens with two attached hydrogens (primary N) is 1. The van der Waals surface area contributed by atoms with E-state index in [-0.39, 0.29) is 17.0 Å². The van der Waals surface area contributed by atoms with E-state index in [2.05, 4.69) is 15.9 Å². The average Bonchev–Trinajstić information content (AvgIpc) is 2.25. The molecule has 0 aromatic heterocycles. The van der Waals surface area contributed by atoms with E-state index in [1.54, 1.807) is 0 Å². The summed E-state index contributed by atoms with van der Waals surface area (Å²) >= 11 is 3.48. The smallest absolute Gasteiger partial charge is 0.00313 e. The summed E-state index contributed by atoms with van der Waals surface area (Å²) in [5, 5.41) is 1.17. The Balaban J connectivity index is 0.00000196. The zero-order valence-corrected chi connectivity index (χ0v) is 12.9. The van der Waals surface area contributed by atoms with Crippen molar-refractivity contribution >= 4 is 32.9 Å². The van der Waals surface area contributed by atoms with Gasteiger partial charge in [-0.25, -0.2) is 0 Å². The minimum atomic E-state index is 0. The van der Waals surface area contributed by atoms with Gasteiger partial charge in [-0.2, -0.15) is 0 Å². The van der Waals surface area contributed by atoms with Gasteiger partial charge in [-0.1, -0.05) is 48.0 Å². The zero-order chi connectivity index (χ0) is 10.2. The van der Waals surface area contributed by atoms with Gasteiger partial charge >= 0.3 is 0 Å². The second-order valence-corrected chi connectivity index (χ2v) is 5.45. The lowest BCUT2D eigenvalue weighted by atomic mass is 9.80. The predicted molar refractivity (Wildman–Crippen MR) is 77.1 cm³/mol. The van der Waals surface area contributed by atoms with Crippen LogP contribution in [0.4, 0.5) is 0 Å². The van der Waals surface area contributed by atoms with Crippen LogP contribution < -0.4 is 5.73 Å². The highest BCUT2D eigenvalue weighted by molar-refractivity contribution is 9.09. The molecule has 0 bridgehead atoms. The summed E-state index contributed by atoms with van der Waals surface area (Å²) in [5.41, 5.74) is 5.68. The summed E-state index contributed by atoms with van der Waals surface area (Å²) < 4.78 is 0. The van der Waals surface area contributed by atoms with Crippen molar-refractivity contribution in [1.29, 1.82) is 0 Å². The Hall–Kier alpha value is 0.920. The van der Waals surface area contributed by atoms with Crippen molar-refractivity contribution in [2.24, 2.45) is 17.6 Å². The van der Waals surface area contributed by atoms with Gasteiger partial charge in [0.1, 0.15) is 0 Å². The first kappa shape index (κ1) is 15.9. The van der Waals surface area contributed by atoms with E-state index in [9.17, 15) is 0 Å². The number of unbranched alkanes of at least 4 members (excludes halogenated alkanes) is 2. The number of rotatable bonds is 6. The van der Waals surface area contributed by atoms with Crippen LogP contribution in [0.5, 0.6) is 0 Å². The molecule has 0 aliphatic heterocycles. The number of halogens is 2. The van der Waals surface area contributed by atoms with E-state index < -0.39 is 0 Å². The molecule has 0 aromatic carbocycles. The molecule has 0 aromatic rings. The molecule has 0 saturated heterocycles. The first-order valence-corrected chi connectivity index (χ1v) is 7.25. The van der Waals surface area contributed by atoms with Crippen molar-refractivity contribution in [2.45, 2.75) is 51.4 Å². The van der Waals surface area contributed by atoms with Gasteiger partial charge < -0.3 is 5.73 Å². The molecule has 0 atom stereocenters. The van der Waals surface area contributed by atoms with Crippen LogP contribution in [-0.4, -0.2) is 11.9 Å². The molecule has 0 spiro atoms. The fourth-order valence-electron chi connectivity index (χ4n) is 2.46. The Morgan fingerprint density at radius 1 is 0.933 bits per heavy atom. The van der Waals surface area contributed by atoms with E-state index in [1.807, 2.05) is 0 Å². The number of alkyl halides is 1. The van der Waals surface area contributed by atoms with Crippen LogP contribution in [0, 0.1) is 11.8 Å². The number of hydrogen-bond acceptors (Lipinski definition) is 1. The SMILES string of the molecule is Br.NC[C@H]1CC[C@H](CCCCCBr)CC1. The zero-order valence-electron chi connectivity index (χ0n) is 9.59. The molecule has 1 aliphatic rings. The van der Waals surface area contributed by atoms with Crippen LogP contribution >= 0.6 is 32.9 Å². The average molecular weight is 343 g/mol. The first-order valence-electron chi connectivity index (χ1n) is 6.12. The topological polar surface area (TPSA) is 26.0 Å². The summed E-state index contributed by atoms with van der Waals surface area (Å²) in [6.07, 6.45) is 11.3. The van der Waals surface area contributed by atoms with Gasteiger partial charge in [0.2, 0.25) is 0 Å². The molecule has 92 valence electrons. The van der Waals surface area contributed by atoms with Gasteiger partial charge in [-0.05, 0) is 37.6 Å². The molecule has 2 N–H and O–H groups in total. The Labute approximate surface area is 113 Å². The third-order valence-corrected chi connectivity index (χ3v) is 4.11. The highest BCUT2D eigenvalue weighted by atomic mass is 79.9. The fourth-order valence-corrected chi connectivity index (χ4v) is 2.86. The first-order chi connectivity index (χ1) is 6.86. The second kappa shape index (κ2) is 10.1. The number of hydrogen-bond donors (Lipinski definition) is 1. The van der Waals surface area contributed by atoms with Crippen LogP contribution in [-0.2, 0) is 0 Å². The van der Waals surface area contributed by atoms with Crippen molar-refractivity contribution in [3.8, 4) is 0 Å². The van der Waals surface area contributed by atoms with Crippen molar-refractivity contribution in [2.75, 3.05) is 11.9 Å². The van der Waals surface area contributed by atoms with Gasteiger partial charge in [-0.3, -0.25) is 0 Å². The molecule has 1 rings (SSSR count). The van der Waals surface area contributed by atoms with Gasteiger partial charge in [0.15, 0.2) is 0 Å².